The predicted octanol–water partition coefficient (Wildman–Crippen LogP) is 3.94. The zero-order valence-electron chi connectivity index (χ0n) is 16.0. The van der Waals surface area contributed by atoms with Crippen molar-refractivity contribution in [1.82, 2.24) is 4.90 Å². The Kier molecular flexibility index (Phi) is 7.33. The molecule has 0 saturated heterocycles. The Hall–Kier alpha value is -3.38. The number of hydrogen-bond donors (Lipinski definition) is 0. The molecule has 150 valence electrons. The molecule has 8 nitrogen and oxygen atoms in total. The van der Waals surface area contributed by atoms with Gasteiger partial charge in [-0.15, -0.1) is 0 Å². The van der Waals surface area contributed by atoms with Crippen LogP contribution in [0.5, 0.6) is 11.5 Å². The van der Waals surface area contributed by atoms with E-state index in [-0.39, 0.29) is 17.9 Å². The summed E-state index contributed by atoms with van der Waals surface area (Å²) in [6.07, 6.45) is 1.46. The summed E-state index contributed by atoms with van der Waals surface area (Å²) in [6.45, 7) is 0.0917. The van der Waals surface area contributed by atoms with Gasteiger partial charge in [-0.1, -0.05) is 12.1 Å². The molecular formula is C20H18BrN3O5. The number of ether oxygens (including phenoxy) is 2. The molecule has 0 aliphatic rings. The smallest absolute Gasteiger partial charge is 0.269 e. The number of benzene rings is 2. The van der Waals surface area contributed by atoms with Gasteiger partial charge < -0.3 is 14.4 Å². The summed E-state index contributed by atoms with van der Waals surface area (Å²) in [6, 6.07) is 11.4. The number of amides is 1. The minimum atomic E-state index is -0.469. The fraction of sp³-hybridized carbons (Fsp3) is 0.200. The van der Waals surface area contributed by atoms with Gasteiger partial charge in [-0.2, -0.15) is 5.26 Å². The van der Waals surface area contributed by atoms with Crippen LogP contribution in [-0.2, 0) is 11.4 Å². The largest absolute Gasteiger partial charge is 0.493 e. The summed E-state index contributed by atoms with van der Waals surface area (Å²) in [4.78, 5) is 23.8. The maximum Gasteiger partial charge on any atom is 0.269 e. The molecule has 0 aliphatic heterocycles. The monoisotopic (exact) mass is 459 g/mol. The Morgan fingerprint density at radius 2 is 2.07 bits per heavy atom. The fourth-order valence-corrected chi connectivity index (χ4v) is 3.00. The van der Waals surface area contributed by atoms with E-state index in [9.17, 15) is 20.2 Å². The molecule has 2 aromatic rings. The zero-order chi connectivity index (χ0) is 21.6. The van der Waals surface area contributed by atoms with Gasteiger partial charge in [0, 0.05) is 26.2 Å². The van der Waals surface area contributed by atoms with Gasteiger partial charge in [0.1, 0.15) is 18.2 Å². The molecule has 0 atom stereocenters. The zero-order valence-corrected chi connectivity index (χ0v) is 17.6. The molecule has 0 spiro atoms. The van der Waals surface area contributed by atoms with Crippen molar-refractivity contribution in [3.8, 4) is 17.6 Å². The second-order valence-corrected chi connectivity index (χ2v) is 6.97. The van der Waals surface area contributed by atoms with E-state index in [2.05, 4.69) is 15.9 Å². The number of rotatable bonds is 7. The second kappa shape index (κ2) is 9.71. The molecule has 0 heterocycles. The lowest BCUT2D eigenvalue weighted by Crippen LogP contribution is -2.22. The topological polar surface area (TPSA) is 106 Å². The first-order valence-corrected chi connectivity index (χ1v) is 9.13. The highest BCUT2D eigenvalue weighted by Gasteiger charge is 2.15. The normalized spacial score (nSPS) is 10.8. The number of nitrogens with zero attached hydrogens (tertiary/aromatic N) is 3. The van der Waals surface area contributed by atoms with Crippen molar-refractivity contribution in [3.63, 3.8) is 0 Å². The van der Waals surface area contributed by atoms with Crippen molar-refractivity contribution < 1.29 is 19.2 Å². The van der Waals surface area contributed by atoms with E-state index in [1.807, 2.05) is 6.07 Å². The molecular weight excluding hydrogens is 442 g/mol. The molecule has 2 aromatic carbocycles. The summed E-state index contributed by atoms with van der Waals surface area (Å²) in [5.41, 5.74) is 1.16. The number of nitro benzene ring substituents is 1. The fourth-order valence-electron chi connectivity index (χ4n) is 2.43. The summed E-state index contributed by atoms with van der Waals surface area (Å²) in [5, 5.41) is 20.2. The average Bonchev–Trinajstić information content (AvgIpc) is 2.70. The molecule has 0 saturated carbocycles. The maximum atomic E-state index is 12.0. The van der Waals surface area contributed by atoms with Crippen molar-refractivity contribution >= 4 is 33.6 Å². The van der Waals surface area contributed by atoms with E-state index in [0.29, 0.717) is 27.1 Å². The number of methoxy groups -OCH3 is 1. The highest BCUT2D eigenvalue weighted by Crippen LogP contribution is 2.38. The van der Waals surface area contributed by atoms with Crippen molar-refractivity contribution in [3.05, 3.63) is 67.7 Å². The number of carbonyl (C=O) groups is 1. The number of nitro groups is 1. The van der Waals surface area contributed by atoms with Crippen LogP contribution in [0, 0.1) is 21.4 Å². The van der Waals surface area contributed by atoms with Crippen LogP contribution >= 0.6 is 15.9 Å². The second-order valence-electron chi connectivity index (χ2n) is 6.12. The van der Waals surface area contributed by atoms with Gasteiger partial charge in [0.25, 0.3) is 11.6 Å². The van der Waals surface area contributed by atoms with E-state index < -0.39 is 10.8 Å². The van der Waals surface area contributed by atoms with Crippen molar-refractivity contribution in [2.75, 3.05) is 21.2 Å². The first kappa shape index (κ1) is 21.9. The molecule has 2 rings (SSSR count). The minimum Gasteiger partial charge on any atom is -0.493 e. The standard InChI is InChI=1S/C20H18BrN3O5/c1-23(2)20(25)15(11-22)7-14-9-17(21)19(18(10-14)28-3)29-12-13-5-4-6-16(8-13)24(26)27/h4-10H,12H2,1-3H3/b15-7-. The summed E-state index contributed by atoms with van der Waals surface area (Å²) in [7, 11) is 4.59. The maximum absolute atomic E-state index is 12.0. The molecule has 0 aromatic heterocycles. The van der Waals surface area contributed by atoms with E-state index in [4.69, 9.17) is 9.47 Å². The molecule has 0 fully saturated rings. The molecule has 0 bridgehead atoms. The first-order valence-electron chi connectivity index (χ1n) is 8.34. The lowest BCUT2D eigenvalue weighted by atomic mass is 10.1. The van der Waals surface area contributed by atoms with Gasteiger partial charge in [-0.25, -0.2) is 0 Å². The van der Waals surface area contributed by atoms with Crippen LogP contribution in [0.1, 0.15) is 11.1 Å². The molecule has 29 heavy (non-hydrogen) atoms. The Bertz CT molecular complexity index is 1010. The Morgan fingerprint density at radius 3 is 2.66 bits per heavy atom. The molecule has 0 radical (unpaired) electrons. The van der Waals surface area contributed by atoms with Crippen LogP contribution in [-0.4, -0.2) is 36.9 Å². The number of hydrogen-bond acceptors (Lipinski definition) is 6. The third-order valence-electron chi connectivity index (χ3n) is 3.82. The lowest BCUT2D eigenvalue weighted by Gasteiger charge is -2.14. The van der Waals surface area contributed by atoms with Crippen LogP contribution in [0.2, 0.25) is 0 Å². The third-order valence-corrected chi connectivity index (χ3v) is 4.41. The quantitative estimate of drug-likeness (QED) is 0.268. The highest BCUT2D eigenvalue weighted by molar-refractivity contribution is 9.10. The number of nitriles is 1. The number of carbonyl (C=O) groups excluding carboxylic acids is 1. The molecule has 0 N–H and O–H groups in total. The lowest BCUT2D eigenvalue weighted by molar-refractivity contribution is -0.384. The first-order chi connectivity index (χ1) is 13.8. The van der Waals surface area contributed by atoms with Crippen molar-refractivity contribution in [1.29, 1.82) is 5.26 Å². The van der Waals surface area contributed by atoms with Crippen LogP contribution in [0.15, 0.2) is 46.4 Å². The number of likely N-dealkylation sites (N-methyl/N-ethyl adjacent to an activating group) is 1. The van der Waals surface area contributed by atoms with E-state index in [1.54, 1.807) is 38.4 Å². The minimum absolute atomic E-state index is 0.0192. The van der Waals surface area contributed by atoms with Gasteiger partial charge >= 0.3 is 0 Å². The van der Waals surface area contributed by atoms with Crippen LogP contribution in [0.3, 0.4) is 0 Å². The number of non-ortho nitro benzene ring substituents is 1. The number of halogens is 1. The average molecular weight is 460 g/mol. The van der Waals surface area contributed by atoms with Gasteiger partial charge in [0.2, 0.25) is 0 Å². The van der Waals surface area contributed by atoms with E-state index >= 15 is 0 Å². The summed E-state index contributed by atoms with van der Waals surface area (Å²) >= 11 is 3.41. The van der Waals surface area contributed by atoms with Gasteiger partial charge in [-0.05, 0) is 45.3 Å². The molecule has 0 aliphatic carbocycles. The SMILES string of the molecule is COc1cc(/C=C(/C#N)C(=O)N(C)C)cc(Br)c1OCc1cccc([N+](=O)[O-])c1. The van der Waals surface area contributed by atoms with Crippen molar-refractivity contribution in [2.45, 2.75) is 6.61 Å². The third kappa shape index (κ3) is 5.56. The van der Waals surface area contributed by atoms with Crippen LogP contribution in [0.4, 0.5) is 5.69 Å². The molecule has 1 amide bonds. The van der Waals surface area contributed by atoms with Crippen LogP contribution in [0.25, 0.3) is 6.08 Å². The van der Waals surface area contributed by atoms with Crippen LogP contribution < -0.4 is 9.47 Å². The summed E-state index contributed by atoms with van der Waals surface area (Å²) in [5.74, 6) is 0.368. The predicted molar refractivity (Wildman–Crippen MR) is 110 cm³/mol. The van der Waals surface area contributed by atoms with E-state index in [0.717, 1.165) is 0 Å². The van der Waals surface area contributed by atoms with Gasteiger partial charge in [0.15, 0.2) is 11.5 Å². The Morgan fingerprint density at radius 1 is 1.34 bits per heavy atom. The molecule has 0 unspecified atom stereocenters. The highest BCUT2D eigenvalue weighted by atomic mass is 79.9. The van der Waals surface area contributed by atoms with Crippen molar-refractivity contribution in [2.24, 2.45) is 0 Å². The molecule has 9 heteroatoms. The summed E-state index contributed by atoms with van der Waals surface area (Å²) < 4.78 is 11.7. The Balaban J connectivity index is 2.31. The van der Waals surface area contributed by atoms with Gasteiger partial charge in [-0.3, -0.25) is 14.9 Å². The Labute approximate surface area is 176 Å². The van der Waals surface area contributed by atoms with E-state index in [1.165, 1.54) is 30.2 Å². The van der Waals surface area contributed by atoms with Gasteiger partial charge in [0.05, 0.1) is 16.5 Å².